The number of methoxy groups -OCH3 is 1. The zero-order chi connectivity index (χ0) is 10.4. The Labute approximate surface area is 88.8 Å². The first-order valence-corrected chi connectivity index (χ1v) is 4.63. The van der Waals surface area contributed by atoms with Gasteiger partial charge in [-0.2, -0.15) is 0 Å². The van der Waals surface area contributed by atoms with Crippen LogP contribution in [0.1, 0.15) is 5.56 Å². The fraction of sp³-hybridized carbons (Fsp3) is 0.300. The number of hydrogen-bond acceptors (Lipinski definition) is 3. The number of nitrogens with one attached hydrogen (secondary N) is 1. The first-order valence-electron chi connectivity index (χ1n) is 4.25. The minimum Gasteiger partial charge on any atom is -0.481 e. The fourth-order valence-electron chi connectivity index (χ4n) is 0.979. The van der Waals surface area contributed by atoms with E-state index in [1.165, 1.54) is 0 Å². The van der Waals surface area contributed by atoms with Gasteiger partial charge in [-0.05, 0) is 5.56 Å². The normalized spacial score (nSPS) is 9.86. The first kappa shape index (κ1) is 11.0. The van der Waals surface area contributed by atoms with E-state index in [4.69, 9.17) is 16.3 Å². The maximum Gasteiger partial charge on any atom is 0.212 e. The highest BCUT2D eigenvalue weighted by molar-refractivity contribution is 6.29. The minimum absolute atomic E-state index is 0.603. The van der Waals surface area contributed by atoms with Crippen molar-refractivity contribution in [3.05, 3.63) is 35.5 Å². The van der Waals surface area contributed by atoms with E-state index in [9.17, 15) is 0 Å². The summed E-state index contributed by atoms with van der Waals surface area (Å²) in [4.78, 5) is 4.08. The molecule has 76 valence electrons. The minimum atomic E-state index is 0.603. The van der Waals surface area contributed by atoms with E-state index >= 15 is 0 Å². The average molecular weight is 213 g/mol. The van der Waals surface area contributed by atoms with Gasteiger partial charge in [-0.3, -0.25) is 0 Å². The summed E-state index contributed by atoms with van der Waals surface area (Å²) < 4.78 is 4.95. The molecular weight excluding hydrogens is 200 g/mol. The second-order valence-electron chi connectivity index (χ2n) is 2.83. The summed E-state index contributed by atoms with van der Waals surface area (Å²) in [5.41, 5.74) is 1.09. The van der Waals surface area contributed by atoms with E-state index in [1.54, 1.807) is 13.3 Å². The maximum absolute atomic E-state index is 5.60. The Hall–Kier alpha value is -1.06. The molecule has 0 radical (unpaired) electrons. The SMILES string of the molecule is C=C(Cl)CNCc1ccc(OC)nc1. The molecule has 1 heterocycles. The van der Waals surface area contributed by atoms with Crippen molar-refractivity contribution in [3.8, 4) is 5.88 Å². The quantitative estimate of drug-likeness (QED) is 0.810. The van der Waals surface area contributed by atoms with E-state index in [0.717, 1.165) is 12.1 Å². The lowest BCUT2D eigenvalue weighted by Crippen LogP contribution is -2.14. The summed E-state index contributed by atoms with van der Waals surface area (Å²) in [6.45, 7) is 4.91. The van der Waals surface area contributed by atoms with Gasteiger partial charge in [-0.15, -0.1) is 0 Å². The van der Waals surface area contributed by atoms with Gasteiger partial charge in [-0.25, -0.2) is 4.98 Å². The number of rotatable bonds is 5. The van der Waals surface area contributed by atoms with Crippen LogP contribution in [0.3, 0.4) is 0 Å². The summed E-state index contributed by atoms with van der Waals surface area (Å²) in [5, 5.41) is 3.73. The molecule has 0 aliphatic heterocycles. The van der Waals surface area contributed by atoms with E-state index in [0.29, 0.717) is 17.5 Å². The van der Waals surface area contributed by atoms with Crippen LogP contribution in [0.15, 0.2) is 29.9 Å². The van der Waals surface area contributed by atoms with Gasteiger partial charge in [0.25, 0.3) is 0 Å². The van der Waals surface area contributed by atoms with Gasteiger partial charge < -0.3 is 10.1 Å². The highest BCUT2D eigenvalue weighted by Crippen LogP contribution is 2.06. The third-order valence-electron chi connectivity index (χ3n) is 1.65. The highest BCUT2D eigenvalue weighted by Gasteiger charge is 1.95. The Kier molecular flexibility index (Phi) is 4.43. The third-order valence-corrected chi connectivity index (χ3v) is 1.79. The molecular formula is C10H13ClN2O. The van der Waals surface area contributed by atoms with Gasteiger partial charge in [-0.1, -0.05) is 24.2 Å². The second-order valence-corrected chi connectivity index (χ2v) is 3.36. The van der Waals surface area contributed by atoms with Gasteiger partial charge >= 0.3 is 0 Å². The lowest BCUT2D eigenvalue weighted by molar-refractivity contribution is 0.397. The van der Waals surface area contributed by atoms with Crippen LogP contribution in [-0.2, 0) is 6.54 Å². The van der Waals surface area contributed by atoms with Crippen molar-refractivity contribution in [2.45, 2.75) is 6.54 Å². The van der Waals surface area contributed by atoms with Crippen molar-refractivity contribution < 1.29 is 4.74 Å². The van der Waals surface area contributed by atoms with Crippen molar-refractivity contribution in [1.29, 1.82) is 0 Å². The van der Waals surface area contributed by atoms with Gasteiger partial charge in [0, 0.05) is 30.4 Å². The molecule has 0 aliphatic carbocycles. The second kappa shape index (κ2) is 5.62. The highest BCUT2D eigenvalue weighted by atomic mass is 35.5. The molecule has 14 heavy (non-hydrogen) atoms. The van der Waals surface area contributed by atoms with Crippen LogP contribution >= 0.6 is 11.6 Å². The number of ether oxygens (including phenoxy) is 1. The number of hydrogen-bond donors (Lipinski definition) is 1. The molecule has 0 aromatic carbocycles. The number of nitrogens with zero attached hydrogens (tertiary/aromatic N) is 1. The number of halogens is 1. The molecule has 4 heteroatoms. The molecule has 0 bridgehead atoms. The Morgan fingerprint density at radius 3 is 2.93 bits per heavy atom. The van der Waals surface area contributed by atoms with Gasteiger partial charge in [0.1, 0.15) is 0 Å². The summed E-state index contributed by atoms with van der Waals surface area (Å²) in [6, 6.07) is 3.78. The van der Waals surface area contributed by atoms with Gasteiger partial charge in [0.05, 0.1) is 7.11 Å². The van der Waals surface area contributed by atoms with E-state index in [2.05, 4.69) is 16.9 Å². The molecule has 0 saturated carbocycles. The zero-order valence-corrected chi connectivity index (χ0v) is 8.84. The van der Waals surface area contributed by atoms with Crippen LogP contribution in [0.4, 0.5) is 0 Å². The van der Waals surface area contributed by atoms with Crippen molar-refractivity contribution in [3.63, 3.8) is 0 Å². The number of pyridine rings is 1. The molecule has 0 aliphatic rings. The van der Waals surface area contributed by atoms with E-state index in [-0.39, 0.29) is 0 Å². The topological polar surface area (TPSA) is 34.1 Å². The molecule has 0 fully saturated rings. The molecule has 3 nitrogen and oxygen atoms in total. The third kappa shape index (κ3) is 3.77. The van der Waals surface area contributed by atoms with Crippen LogP contribution in [0.25, 0.3) is 0 Å². The maximum atomic E-state index is 5.60. The van der Waals surface area contributed by atoms with Crippen molar-refractivity contribution >= 4 is 11.6 Å². The standard InChI is InChI=1S/C10H13ClN2O/c1-8(11)5-12-6-9-3-4-10(14-2)13-7-9/h3-4,7,12H,1,5-6H2,2H3. The summed E-state index contributed by atoms with van der Waals surface area (Å²) in [5.74, 6) is 0.621. The summed E-state index contributed by atoms with van der Waals surface area (Å²) >= 11 is 5.60. The molecule has 0 unspecified atom stereocenters. The van der Waals surface area contributed by atoms with Crippen LogP contribution < -0.4 is 10.1 Å². The molecule has 0 saturated heterocycles. The summed E-state index contributed by atoms with van der Waals surface area (Å²) in [7, 11) is 1.59. The van der Waals surface area contributed by atoms with Crippen molar-refractivity contribution in [2.24, 2.45) is 0 Å². The molecule has 1 N–H and O–H groups in total. The molecule has 0 amide bonds. The smallest absolute Gasteiger partial charge is 0.212 e. The van der Waals surface area contributed by atoms with Gasteiger partial charge in [0.2, 0.25) is 5.88 Å². The fourth-order valence-corrected chi connectivity index (χ4v) is 1.07. The molecule has 1 aromatic rings. The molecule has 0 spiro atoms. The Bertz CT molecular complexity index is 297. The van der Waals surface area contributed by atoms with Crippen molar-refractivity contribution in [2.75, 3.05) is 13.7 Å². The zero-order valence-electron chi connectivity index (χ0n) is 8.09. The molecule has 0 atom stereocenters. The lowest BCUT2D eigenvalue weighted by Gasteiger charge is -2.03. The Morgan fingerprint density at radius 2 is 2.43 bits per heavy atom. The lowest BCUT2D eigenvalue weighted by atomic mass is 10.3. The van der Waals surface area contributed by atoms with Gasteiger partial charge in [0.15, 0.2) is 0 Å². The molecule has 1 aromatic heterocycles. The monoisotopic (exact) mass is 212 g/mol. The predicted molar refractivity (Wildman–Crippen MR) is 57.5 cm³/mol. The summed E-state index contributed by atoms with van der Waals surface area (Å²) in [6.07, 6.45) is 1.77. The van der Waals surface area contributed by atoms with Crippen molar-refractivity contribution in [1.82, 2.24) is 10.3 Å². The van der Waals surface area contributed by atoms with E-state index < -0.39 is 0 Å². The predicted octanol–water partition coefficient (Wildman–Crippen LogP) is 1.93. The number of aromatic nitrogens is 1. The van der Waals surface area contributed by atoms with Crippen LogP contribution in [0.2, 0.25) is 0 Å². The Morgan fingerprint density at radius 1 is 1.64 bits per heavy atom. The van der Waals surface area contributed by atoms with E-state index in [1.807, 2.05) is 12.1 Å². The largest absolute Gasteiger partial charge is 0.481 e. The average Bonchev–Trinajstić information content (AvgIpc) is 2.18. The van der Waals surface area contributed by atoms with Crippen LogP contribution in [-0.4, -0.2) is 18.6 Å². The van der Waals surface area contributed by atoms with Crippen LogP contribution in [0, 0.1) is 0 Å². The van der Waals surface area contributed by atoms with Crippen LogP contribution in [0.5, 0.6) is 5.88 Å². The molecule has 1 rings (SSSR count). The first-order chi connectivity index (χ1) is 6.72. The Balaban J connectivity index is 2.40.